The fraction of sp³-hybridized carbons (Fsp3) is 0.438. The van der Waals surface area contributed by atoms with Crippen LogP contribution in [-0.4, -0.2) is 26.2 Å². The molecule has 21 heavy (non-hydrogen) atoms. The van der Waals surface area contributed by atoms with Gasteiger partial charge in [0.05, 0.1) is 31.8 Å². The largest absolute Gasteiger partial charge is 0.469 e. The van der Waals surface area contributed by atoms with E-state index in [2.05, 4.69) is 10.8 Å². The molecule has 0 saturated heterocycles. The van der Waals surface area contributed by atoms with E-state index in [1.165, 1.54) is 14.2 Å². The summed E-state index contributed by atoms with van der Waals surface area (Å²) >= 11 is 0. The van der Waals surface area contributed by atoms with Crippen molar-refractivity contribution in [2.24, 2.45) is 0 Å². The van der Waals surface area contributed by atoms with Gasteiger partial charge in [0.1, 0.15) is 0 Å². The Morgan fingerprint density at radius 2 is 1.81 bits per heavy atom. The number of unbranched alkanes of at least 4 members (excludes halogenated alkanes) is 2. The summed E-state index contributed by atoms with van der Waals surface area (Å²) in [5, 5.41) is 8.52. The van der Waals surface area contributed by atoms with Gasteiger partial charge in [0.25, 0.3) is 0 Å². The summed E-state index contributed by atoms with van der Waals surface area (Å²) in [7, 11) is 2.68. The molecule has 1 unspecified atom stereocenters. The van der Waals surface area contributed by atoms with Crippen LogP contribution < -0.4 is 0 Å². The first-order chi connectivity index (χ1) is 10.1. The van der Waals surface area contributed by atoms with Gasteiger partial charge in [-0.15, -0.1) is 0 Å². The average Bonchev–Trinajstić information content (AvgIpc) is 2.54. The maximum absolute atomic E-state index is 11.9. The van der Waals surface area contributed by atoms with Crippen molar-refractivity contribution in [3.05, 3.63) is 35.4 Å². The highest BCUT2D eigenvalue weighted by atomic mass is 16.5. The van der Waals surface area contributed by atoms with E-state index in [1.54, 1.807) is 24.3 Å². The van der Waals surface area contributed by atoms with Crippen LogP contribution in [0.25, 0.3) is 0 Å². The Morgan fingerprint density at radius 3 is 2.33 bits per heavy atom. The van der Waals surface area contributed by atoms with Crippen LogP contribution in [0.2, 0.25) is 0 Å². The summed E-state index contributed by atoms with van der Waals surface area (Å²) in [5.41, 5.74) is 1.24. The molecule has 0 spiro atoms. The van der Waals surface area contributed by atoms with E-state index in [4.69, 9.17) is 10.00 Å². The molecule has 0 N–H and O–H groups in total. The minimum absolute atomic E-state index is 0.308. The molecule has 0 aliphatic heterocycles. The molecular weight excluding hydrogens is 270 g/mol. The van der Waals surface area contributed by atoms with Crippen LogP contribution in [0.15, 0.2) is 24.3 Å². The Labute approximate surface area is 124 Å². The zero-order chi connectivity index (χ0) is 15.7. The second-order valence-electron chi connectivity index (χ2n) is 4.59. The molecule has 1 atom stereocenters. The predicted octanol–water partition coefficient (Wildman–Crippen LogP) is 2.81. The topological polar surface area (TPSA) is 76.4 Å². The fourth-order valence-corrected chi connectivity index (χ4v) is 2.08. The molecule has 0 radical (unpaired) electrons. The highest BCUT2D eigenvalue weighted by Gasteiger charge is 2.21. The second kappa shape index (κ2) is 8.75. The van der Waals surface area contributed by atoms with Gasteiger partial charge >= 0.3 is 11.9 Å². The molecule has 0 fully saturated rings. The van der Waals surface area contributed by atoms with E-state index in [1.807, 2.05) is 0 Å². The van der Waals surface area contributed by atoms with Crippen LogP contribution in [0.3, 0.4) is 0 Å². The quantitative estimate of drug-likeness (QED) is 0.570. The van der Waals surface area contributed by atoms with E-state index < -0.39 is 5.97 Å². The normalized spacial score (nSPS) is 11.3. The van der Waals surface area contributed by atoms with Crippen LogP contribution in [0.1, 0.15) is 47.5 Å². The minimum Gasteiger partial charge on any atom is -0.469 e. The summed E-state index contributed by atoms with van der Waals surface area (Å²) in [6.07, 6.45) is 2.62. The van der Waals surface area contributed by atoms with Crippen LogP contribution in [0.4, 0.5) is 0 Å². The maximum atomic E-state index is 11.9. The highest BCUT2D eigenvalue weighted by Crippen LogP contribution is 2.24. The maximum Gasteiger partial charge on any atom is 0.337 e. The zero-order valence-corrected chi connectivity index (χ0v) is 12.3. The number of methoxy groups -OCH3 is 2. The number of benzene rings is 1. The van der Waals surface area contributed by atoms with Crippen LogP contribution in [0.5, 0.6) is 0 Å². The molecular formula is C16H19NO4. The lowest BCUT2D eigenvalue weighted by Crippen LogP contribution is -2.14. The van der Waals surface area contributed by atoms with Crippen molar-refractivity contribution >= 4 is 11.9 Å². The highest BCUT2D eigenvalue weighted by molar-refractivity contribution is 5.89. The van der Waals surface area contributed by atoms with E-state index in [9.17, 15) is 9.59 Å². The Balaban J connectivity index is 2.80. The number of carbonyl (C=O) groups is 2. The number of hydrogen-bond donors (Lipinski definition) is 0. The number of hydrogen-bond acceptors (Lipinski definition) is 5. The second-order valence-corrected chi connectivity index (χ2v) is 4.59. The van der Waals surface area contributed by atoms with Crippen molar-refractivity contribution in [2.45, 2.75) is 31.6 Å². The Hall–Kier alpha value is -2.35. The number of nitrogens with zero attached hydrogens (tertiary/aromatic N) is 1. The molecule has 0 heterocycles. The van der Waals surface area contributed by atoms with Gasteiger partial charge in [0.15, 0.2) is 0 Å². The van der Waals surface area contributed by atoms with Crippen molar-refractivity contribution in [1.82, 2.24) is 0 Å². The standard InChI is InChI=1S/C16H19NO4/c1-20-15(18)13-9-7-12(8-10-13)14(16(19)21-2)6-4-3-5-11-17/h7-10,14H,3-6H2,1-2H3. The van der Waals surface area contributed by atoms with Crippen molar-refractivity contribution in [3.8, 4) is 6.07 Å². The van der Waals surface area contributed by atoms with Gasteiger partial charge in [-0.3, -0.25) is 4.79 Å². The van der Waals surface area contributed by atoms with Crippen LogP contribution in [0, 0.1) is 11.3 Å². The monoisotopic (exact) mass is 289 g/mol. The third-order valence-electron chi connectivity index (χ3n) is 3.25. The molecule has 0 aliphatic rings. The van der Waals surface area contributed by atoms with Crippen molar-refractivity contribution in [1.29, 1.82) is 5.26 Å². The van der Waals surface area contributed by atoms with Crippen molar-refractivity contribution in [3.63, 3.8) is 0 Å². The number of rotatable bonds is 7. The molecule has 5 nitrogen and oxygen atoms in total. The molecule has 112 valence electrons. The summed E-state index contributed by atoms with van der Waals surface area (Å²) in [5.74, 6) is -1.09. The molecule has 0 saturated carbocycles. The van der Waals surface area contributed by atoms with E-state index >= 15 is 0 Å². The van der Waals surface area contributed by atoms with E-state index in [0.29, 0.717) is 18.4 Å². The first-order valence-electron chi connectivity index (χ1n) is 6.77. The van der Waals surface area contributed by atoms with Gasteiger partial charge in [-0.05, 0) is 30.5 Å². The van der Waals surface area contributed by atoms with Gasteiger partial charge in [-0.1, -0.05) is 18.6 Å². The molecule has 1 rings (SSSR count). The van der Waals surface area contributed by atoms with Gasteiger partial charge in [-0.2, -0.15) is 5.26 Å². The Morgan fingerprint density at radius 1 is 1.14 bits per heavy atom. The lowest BCUT2D eigenvalue weighted by molar-refractivity contribution is -0.142. The van der Waals surface area contributed by atoms with Crippen molar-refractivity contribution in [2.75, 3.05) is 14.2 Å². The Kier molecular flexibility index (Phi) is 6.96. The lowest BCUT2D eigenvalue weighted by Gasteiger charge is -2.15. The van der Waals surface area contributed by atoms with Gasteiger partial charge in [-0.25, -0.2) is 4.79 Å². The first kappa shape index (κ1) is 16.7. The van der Waals surface area contributed by atoms with Crippen LogP contribution >= 0.6 is 0 Å². The Bertz CT molecular complexity index is 516. The molecule has 0 bridgehead atoms. The molecule has 1 aromatic carbocycles. The minimum atomic E-state index is -0.412. The van der Waals surface area contributed by atoms with E-state index in [0.717, 1.165) is 18.4 Å². The van der Waals surface area contributed by atoms with Gasteiger partial charge < -0.3 is 9.47 Å². The SMILES string of the molecule is COC(=O)c1ccc(C(CCCCC#N)C(=O)OC)cc1. The number of esters is 2. The smallest absolute Gasteiger partial charge is 0.337 e. The van der Waals surface area contributed by atoms with Crippen molar-refractivity contribution < 1.29 is 19.1 Å². The number of carbonyl (C=O) groups excluding carboxylic acids is 2. The summed E-state index contributed by atoms with van der Waals surface area (Å²) in [6.45, 7) is 0. The van der Waals surface area contributed by atoms with Gasteiger partial charge in [0.2, 0.25) is 0 Å². The molecule has 0 aromatic heterocycles. The molecule has 5 heteroatoms. The third-order valence-corrected chi connectivity index (χ3v) is 3.25. The predicted molar refractivity (Wildman–Crippen MR) is 76.6 cm³/mol. The summed E-state index contributed by atoms with van der Waals surface area (Å²) < 4.78 is 9.46. The third kappa shape index (κ3) is 4.92. The number of nitriles is 1. The fourth-order valence-electron chi connectivity index (χ4n) is 2.08. The first-order valence-corrected chi connectivity index (χ1v) is 6.77. The van der Waals surface area contributed by atoms with Gasteiger partial charge in [0, 0.05) is 6.42 Å². The molecule has 1 aromatic rings. The number of ether oxygens (including phenoxy) is 2. The summed E-state index contributed by atoms with van der Waals surface area (Å²) in [4.78, 5) is 23.3. The lowest BCUT2D eigenvalue weighted by atomic mass is 9.92. The van der Waals surface area contributed by atoms with Crippen LogP contribution in [-0.2, 0) is 14.3 Å². The average molecular weight is 289 g/mol. The molecule has 0 aliphatic carbocycles. The zero-order valence-electron chi connectivity index (χ0n) is 12.3. The molecule has 0 amide bonds. The summed E-state index contributed by atoms with van der Waals surface area (Å²) in [6, 6.07) is 8.81. The van der Waals surface area contributed by atoms with E-state index in [-0.39, 0.29) is 11.9 Å².